The second-order valence-corrected chi connectivity index (χ2v) is 6.89. The molecule has 1 N–H and O–H groups in total. The Bertz CT molecular complexity index is 813. The van der Waals surface area contributed by atoms with E-state index in [0.717, 1.165) is 11.3 Å². The van der Waals surface area contributed by atoms with Crippen molar-refractivity contribution in [3.05, 3.63) is 30.7 Å². The number of imide groups is 1. The molecule has 3 rings (SSSR count). The molecule has 1 unspecified atom stereocenters. The topological polar surface area (TPSA) is 93.3 Å². The number of amides is 3. The van der Waals surface area contributed by atoms with Gasteiger partial charge in [0.2, 0.25) is 5.91 Å². The van der Waals surface area contributed by atoms with Crippen LogP contribution in [0.1, 0.15) is 12.7 Å². The normalized spacial score (nSPS) is 15.3. The molecule has 8 nitrogen and oxygen atoms in total. The second-order valence-electron chi connectivity index (χ2n) is 5.58. The molecule has 3 heterocycles. The maximum atomic E-state index is 12.5. The molecule has 1 fully saturated rings. The van der Waals surface area contributed by atoms with Gasteiger partial charge in [0.1, 0.15) is 5.76 Å². The number of nitrogens with zero attached hydrogens (tertiary/aromatic N) is 4. The van der Waals surface area contributed by atoms with Crippen LogP contribution in [-0.2, 0) is 11.3 Å². The van der Waals surface area contributed by atoms with Crippen LogP contribution in [0.2, 0.25) is 0 Å². The van der Waals surface area contributed by atoms with Crippen molar-refractivity contribution < 1.29 is 14.0 Å². The molecule has 0 radical (unpaired) electrons. The summed E-state index contributed by atoms with van der Waals surface area (Å²) in [5.74, 6) is 1.16. The van der Waals surface area contributed by atoms with E-state index < -0.39 is 5.25 Å². The summed E-state index contributed by atoms with van der Waals surface area (Å²) in [6, 6.07) is 1.48. The largest absolute Gasteiger partial charge is 0.469 e. The molecule has 2 aromatic rings. The van der Waals surface area contributed by atoms with Gasteiger partial charge in [-0.25, -0.2) is 4.79 Å². The summed E-state index contributed by atoms with van der Waals surface area (Å²) in [5, 5.41) is 11.2. The molecule has 9 heteroatoms. The fourth-order valence-electron chi connectivity index (χ4n) is 2.60. The third kappa shape index (κ3) is 3.32. The van der Waals surface area contributed by atoms with Crippen LogP contribution in [0.25, 0.3) is 11.4 Å². The lowest BCUT2D eigenvalue weighted by Gasteiger charge is -2.17. The van der Waals surface area contributed by atoms with Crippen molar-refractivity contribution in [1.29, 1.82) is 0 Å². The molecule has 1 saturated heterocycles. The van der Waals surface area contributed by atoms with Gasteiger partial charge in [-0.2, -0.15) is 0 Å². The number of rotatable bonds is 6. The zero-order valence-electron chi connectivity index (χ0n) is 14.1. The highest BCUT2D eigenvalue weighted by Gasteiger charge is 2.31. The summed E-state index contributed by atoms with van der Waals surface area (Å²) in [4.78, 5) is 25.4. The highest BCUT2D eigenvalue weighted by atomic mass is 32.2. The first-order valence-corrected chi connectivity index (χ1v) is 8.75. The number of carbonyl (C=O) groups excluding carboxylic acids is 2. The Balaban J connectivity index is 1.83. The number of carbonyl (C=O) groups is 2. The molecule has 1 aliphatic heterocycles. The van der Waals surface area contributed by atoms with Gasteiger partial charge in [-0.15, -0.1) is 16.8 Å². The Hall–Kier alpha value is -2.55. The predicted molar refractivity (Wildman–Crippen MR) is 93.1 cm³/mol. The molecular weight excluding hydrogens is 342 g/mol. The first kappa shape index (κ1) is 17.3. The van der Waals surface area contributed by atoms with Gasteiger partial charge < -0.3 is 9.73 Å². The molecule has 25 heavy (non-hydrogen) atoms. The summed E-state index contributed by atoms with van der Waals surface area (Å²) in [5.41, 5.74) is 0.846. The van der Waals surface area contributed by atoms with Crippen LogP contribution in [0.4, 0.5) is 4.79 Å². The van der Waals surface area contributed by atoms with Gasteiger partial charge in [0, 0.05) is 19.6 Å². The minimum absolute atomic E-state index is 0.241. The van der Waals surface area contributed by atoms with Crippen molar-refractivity contribution in [1.82, 2.24) is 25.0 Å². The van der Waals surface area contributed by atoms with Crippen molar-refractivity contribution in [2.75, 3.05) is 13.1 Å². The van der Waals surface area contributed by atoms with Crippen LogP contribution in [0.5, 0.6) is 0 Å². The molecule has 1 atom stereocenters. The minimum Gasteiger partial charge on any atom is -0.469 e. The number of hydrogen-bond donors (Lipinski definition) is 1. The van der Waals surface area contributed by atoms with E-state index >= 15 is 0 Å². The van der Waals surface area contributed by atoms with Crippen LogP contribution in [-0.4, -0.2) is 49.9 Å². The van der Waals surface area contributed by atoms with Gasteiger partial charge in [-0.05, 0) is 19.9 Å². The lowest BCUT2D eigenvalue weighted by molar-refractivity contribution is -0.126. The fourth-order valence-corrected chi connectivity index (χ4v) is 3.52. The number of thioether (sulfide) groups is 1. The number of hydrogen-bond acceptors (Lipinski definition) is 6. The van der Waals surface area contributed by atoms with Crippen molar-refractivity contribution >= 4 is 23.7 Å². The first-order valence-electron chi connectivity index (χ1n) is 7.87. The van der Waals surface area contributed by atoms with E-state index in [1.54, 1.807) is 19.3 Å². The number of allylic oxidation sites excluding steroid dienone is 1. The van der Waals surface area contributed by atoms with E-state index in [-0.39, 0.29) is 11.9 Å². The summed E-state index contributed by atoms with van der Waals surface area (Å²) in [7, 11) is 0. The molecule has 1 aliphatic rings. The second kappa shape index (κ2) is 7.14. The fraction of sp³-hybridized carbons (Fsp3) is 0.375. The summed E-state index contributed by atoms with van der Waals surface area (Å²) < 4.78 is 7.22. The molecule has 2 aromatic heterocycles. The Labute approximate surface area is 149 Å². The number of urea groups is 1. The molecule has 0 spiro atoms. The van der Waals surface area contributed by atoms with Crippen LogP contribution >= 0.6 is 11.8 Å². The number of nitrogens with one attached hydrogen (secondary N) is 1. The highest BCUT2D eigenvalue weighted by Crippen LogP contribution is 2.29. The van der Waals surface area contributed by atoms with Crippen LogP contribution in [0, 0.1) is 6.92 Å². The molecule has 3 amide bonds. The van der Waals surface area contributed by atoms with E-state index in [9.17, 15) is 9.59 Å². The van der Waals surface area contributed by atoms with Gasteiger partial charge in [0.25, 0.3) is 0 Å². The maximum absolute atomic E-state index is 12.5. The molecule has 0 bridgehead atoms. The lowest BCUT2D eigenvalue weighted by Crippen LogP contribution is -2.39. The maximum Gasteiger partial charge on any atom is 0.324 e. The monoisotopic (exact) mass is 361 g/mol. The van der Waals surface area contributed by atoms with Gasteiger partial charge in [0.15, 0.2) is 11.0 Å². The van der Waals surface area contributed by atoms with E-state index in [0.29, 0.717) is 30.6 Å². The van der Waals surface area contributed by atoms with Gasteiger partial charge in [0.05, 0.1) is 17.1 Å². The molecular formula is C16H19N5O3S. The quantitative estimate of drug-likeness (QED) is 0.625. The number of furan rings is 1. The van der Waals surface area contributed by atoms with Gasteiger partial charge >= 0.3 is 6.03 Å². The first-order chi connectivity index (χ1) is 12.0. The number of aromatic nitrogens is 3. The van der Waals surface area contributed by atoms with Gasteiger partial charge in [-0.1, -0.05) is 17.8 Å². The third-order valence-corrected chi connectivity index (χ3v) is 4.95. The molecule has 132 valence electrons. The smallest absolute Gasteiger partial charge is 0.324 e. The van der Waals surface area contributed by atoms with Gasteiger partial charge in [-0.3, -0.25) is 14.3 Å². The third-order valence-electron chi connectivity index (χ3n) is 3.88. The average molecular weight is 361 g/mol. The van der Waals surface area contributed by atoms with Crippen molar-refractivity contribution in [3.8, 4) is 11.4 Å². The Morgan fingerprint density at radius 2 is 2.36 bits per heavy atom. The Morgan fingerprint density at radius 1 is 1.56 bits per heavy atom. The van der Waals surface area contributed by atoms with Crippen LogP contribution < -0.4 is 5.32 Å². The summed E-state index contributed by atoms with van der Waals surface area (Å²) >= 11 is 1.27. The molecule has 0 aliphatic carbocycles. The highest BCUT2D eigenvalue weighted by molar-refractivity contribution is 8.00. The Morgan fingerprint density at radius 3 is 2.96 bits per heavy atom. The zero-order valence-corrected chi connectivity index (χ0v) is 14.9. The van der Waals surface area contributed by atoms with E-state index in [1.165, 1.54) is 16.7 Å². The van der Waals surface area contributed by atoms with Crippen molar-refractivity contribution in [3.63, 3.8) is 0 Å². The van der Waals surface area contributed by atoms with Crippen LogP contribution in [0.3, 0.4) is 0 Å². The van der Waals surface area contributed by atoms with E-state index in [1.807, 2.05) is 17.6 Å². The average Bonchev–Trinajstić information content (AvgIpc) is 3.29. The SMILES string of the molecule is C=CCn1c(SC(C)C(=O)N2CCNC2=O)nnc1-c1ccoc1C. The standard InChI is InChI=1S/C16H19N5O3S/c1-4-7-20-13(12-5-9-24-10(12)2)18-19-16(20)25-11(3)14(22)21-8-6-17-15(21)23/h4-5,9,11H,1,6-8H2,2-3H3,(H,17,23). The van der Waals surface area contributed by atoms with Crippen molar-refractivity contribution in [2.24, 2.45) is 0 Å². The molecule has 0 aromatic carbocycles. The number of aryl methyl sites for hydroxylation is 1. The predicted octanol–water partition coefficient (Wildman–Crippen LogP) is 2.06. The summed E-state index contributed by atoms with van der Waals surface area (Å²) in [6.45, 7) is 8.76. The molecule has 0 saturated carbocycles. The van der Waals surface area contributed by atoms with Crippen LogP contribution in [0.15, 0.2) is 34.6 Å². The van der Waals surface area contributed by atoms with Crippen molar-refractivity contribution in [2.45, 2.75) is 30.8 Å². The van der Waals surface area contributed by atoms with E-state index in [2.05, 4.69) is 22.1 Å². The lowest BCUT2D eigenvalue weighted by atomic mass is 10.2. The summed E-state index contributed by atoms with van der Waals surface area (Å²) in [6.07, 6.45) is 3.34. The zero-order chi connectivity index (χ0) is 18.0. The minimum atomic E-state index is -0.463. The van der Waals surface area contributed by atoms with E-state index in [4.69, 9.17) is 4.42 Å². The Kier molecular flexibility index (Phi) is 4.93.